The Morgan fingerprint density at radius 1 is 1.30 bits per heavy atom. The molecule has 0 radical (unpaired) electrons. The van der Waals surface area contributed by atoms with Gasteiger partial charge in [-0.3, -0.25) is 0 Å². The van der Waals surface area contributed by atoms with Gasteiger partial charge in [-0.25, -0.2) is 0 Å². The van der Waals surface area contributed by atoms with Crippen molar-refractivity contribution in [3.63, 3.8) is 0 Å². The summed E-state index contributed by atoms with van der Waals surface area (Å²) in [5, 5.41) is 0. The van der Waals surface area contributed by atoms with Crippen LogP contribution in [0.5, 0.6) is 0 Å². The molecule has 1 rings (SSSR count). The third kappa shape index (κ3) is 3.16. The summed E-state index contributed by atoms with van der Waals surface area (Å²) in [6, 6.07) is 8.14. The Balaban J connectivity index is 0. The van der Waals surface area contributed by atoms with Crippen molar-refractivity contribution < 1.29 is 20.3 Å². The molecule has 0 unspecified atom stereocenters. The van der Waals surface area contributed by atoms with Gasteiger partial charge >= 0.3 is 18.9 Å². The average molecular weight is 211 g/mol. The summed E-state index contributed by atoms with van der Waals surface area (Å²) < 4.78 is 1.12. The molecule has 0 aliphatic rings. The number of hydrogen-bond acceptors (Lipinski definition) is 1. The molecule has 0 fully saturated rings. The maximum absolute atomic E-state index is 4.13. The second-order valence-corrected chi connectivity index (χ2v) is 3.02. The van der Waals surface area contributed by atoms with Crippen molar-refractivity contribution in [1.82, 2.24) is 0 Å². The van der Waals surface area contributed by atoms with E-state index in [0.717, 1.165) is 10.2 Å². The molecule has 1 aromatic carbocycles. The fourth-order valence-corrected chi connectivity index (χ4v) is 1.06. The van der Waals surface area contributed by atoms with Crippen molar-refractivity contribution in [2.45, 2.75) is 5.75 Å². The Kier molecular flexibility index (Phi) is 5.66. The van der Waals surface area contributed by atoms with E-state index in [2.05, 4.69) is 40.7 Å². The van der Waals surface area contributed by atoms with Crippen LogP contribution < -0.4 is 18.9 Å². The number of halogens is 1. The molecule has 0 saturated carbocycles. The molecule has 0 heterocycles. The summed E-state index contributed by atoms with van der Waals surface area (Å²) in [6.45, 7) is 0. The molecule has 0 N–H and O–H groups in total. The van der Waals surface area contributed by atoms with E-state index in [9.17, 15) is 0 Å². The molecule has 0 spiro atoms. The minimum atomic E-state index is 0. The SMILES string of the molecule is SCc1ccc(Br)cc1.[H-].[Li+]. The van der Waals surface area contributed by atoms with E-state index in [4.69, 9.17) is 0 Å². The molecule has 10 heavy (non-hydrogen) atoms. The first-order valence-electron chi connectivity index (χ1n) is 2.68. The third-order valence-electron chi connectivity index (χ3n) is 1.10. The van der Waals surface area contributed by atoms with Crippen LogP contribution in [-0.2, 0) is 5.75 Å². The molecule has 0 amide bonds. The Bertz CT molecular complexity index is 190. The van der Waals surface area contributed by atoms with E-state index in [0.29, 0.717) is 0 Å². The molecule has 0 aliphatic heterocycles. The summed E-state index contributed by atoms with van der Waals surface area (Å²) in [4.78, 5) is 0. The van der Waals surface area contributed by atoms with E-state index in [1.54, 1.807) is 0 Å². The zero-order valence-corrected chi connectivity index (χ0v) is 8.32. The normalized spacial score (nSPS) is 8.60. The summed E-state index contributed by atoms with van der Waals surface area (Å²) >= 11 is 7.48. The second kappa shape index (κ2) is 5.32. The van der Waals surface area contributed by atoms with Gasteiger partial charge < -0.3 is 1.43 Å². The van der Waals surface area contributed by atoms with Gasteiger partial charge in [-0.05, 0) is 17.7 Å². The van der Waals surface area contributed by atoms with Crippen LogP contribution in [0.4, 0.5) is 0 Å². The van der Waals surface area contributed by atoms with Gasteiger partial charge in [0.1, 0.15) is 0 Å². The first-order valence-corrected chi connectivity index (χ1v) is 4.11. The van der Waals surface area contributed by atoms with E-state index in [-0.39, 0.29) is 20.3 Å². The summed E-state index contributed by atoms with van der Waals surface area (Å²) in [5.74, 6) is 0.813. The van der Waals surface area contributed by atoms with E-state index >= 15 is 0 Å². The number of rotatable bonds is 1. The number of benzene rings is 1. The first kappa shape index (κ1) is 10.6. The predicted molar refractivity (Wildman–Crippen MR) is 47.9 cm³/mol. The maximum atomic E-state index is 4.13. The van der Waals surface area contributed by atoms with Crippen molar-refractivity contribution >= 4 is 28.6 Å². The molecule has 0 nitrogen and oxygen atoms in total. The fraction of sp³-hybridized carbons (Fsp3) is 0.143. The molecule has 0 saturated heterocycles. The smallest absolute Gasteiger partial charge is 1.00 e. The van der Waals surface area contributed by atoms with Crippen molar-refractivity contribution in [3.8, 4) is 0 Å². The van der Waals surface area contributed by atoms with Crippen LogP contribution >= 0.6 is 28.6 Å². The quantitative estimate of drug-likeness (QED) is 0.490. The molecule has 0 aromatic heterocycles. The van der Waals surface area contributed by atoms with E-state index in [1.807, 2.05) is 12.1 Å². The van der Waals surface area contributed by atoms with Crippen LogP contribution in [0.25, 0.3) is 0 Å². The first-order chi connectivity index (χ1) is 4.33. The van der Waals surface area contributed by atoms with Gasteiger partial charge in [0.15, 0.2) is 0 Å². The molecule has 0 atom stereocenters. The van der Waals surface area contributed by atoms with Gasteiger partial charge in [0.05, 0.1) is 0 Å². The van der Waals surface area contributed by atoms with Gasteiger partial charge in [-0.1, -0.05) is 28.1 Å². The standard InChI is InChI=1S/C7H7BrS.Li.H/c8-7-3-1-6(5-9)2-4-7;;/h1-4,9H,5H2;;/q;+1;-1. The van der Waals surface area contributed by atoms with Gasteiger partial charge in [-0.15, -0.1) is 0 Å². The van der Waals surface area contributed by atoms with Gasteiger partial charge in [-0.2, -0.15) is 12.6 Å². The predicted octanol–water partition coefficient (Wildman–Crippen LogP) is -0.00460. The summed E-state index contributed by atoms with van der Waals surface area (Å²) in [7, 11) is 0. The Hall–Kier alpha value is 0.647. The monoisotopic (exact) mass is 210 g/mol. The minimum Gasteiger partial charge on any atom is -1.00 e. The Morgan fingerprint density at radius 3 is 2.20 bits per heavy atom. The summed E-state index contributed by atoms with van der Waals surface area (Å²) in [5.41, 5.74) is 1.25. The van der Waals surface area contributed by atoms with Crippen LogP contribution in [-0.4, -0.2) is 0 Å². The molecule has 3 heteroatoms. The molecule has 0 aliphatic carbocycles. The van der Waals surface area contributed by atoms with Crippen LogP contribution in [0.1, 0.15) is 6.99 Å². The van der Waals surface area contributed by atoms with Crippen LogP contribution in [0.2, 0.25) is 0 Å². The van der Waals surface area contributed by atoms with E-state index < -0.39 is 0 Å². The molecular formula is C7H8BrLiS. The molecule has 1 aromatic rings. The van der Waals surface area contributed by atoms with Crippen molar-refractivity contribution in [2.24, 2.45) is 0 Å². The fourth-order valence-electron chi connectivity index (χ4n) is 0.590. The molecule has 0 bridgehead atoms. The zero-order chi connectivity index (χ0) is 6.69. The maximum Gasteiger partial charge on any atom is 1.00 e. The molecular weight excluding hydrogens is 203 g/mol. The van der Waals surface area contributed by atoms with Crippen molar-refractivity contribution in [1.29, 1.82) is 0 Å². The van der Waals surface area contributed by atoms with Crippen molar-refractivity contribution in [2.75, 3.05) is 0 Å². The van der Waals surface area contributed by atoms with Crippen LogP contribution in [0.15, 0.2) is 28.7 Å². The Labute approximate surface area is 88.6 Å². The Morgan fingerprint density at radius 2 is 1.80 bits per heavy atom. The van der Waals surface area contributed by atoms with Crippen LogP contribution in [0.3, 0.4) is 0 Å². The molecule has 50 valence electrons. The largest absolute Gasteiger partial charge is 1.00 e. The third-order valence-corrected chi connectivity index (χ3v) is 1.99. The van der Waals surface area contributed by atoms with Gasteiger partial charge in [0, 0.05) is 10.2 Å². The van der Waals surface area contributed by atoms with Crippen molar-refractivity contribution in [3.05, 3.63) is 34.3 Å². The minimum absolute atomic E-state index is 0. The number of thiol groups is 1. The number of hydrogen-bond donors (Lipinski definition) is 1. The second-order valence-electron chi connectivity index (χ2n) is 1.78. The van der Waals surface area contributed by atoms with E-state index in [1.165, 1.54) is 5.56 Å². The van der Waals surface area contributed by atoms with Crippen LogP contribution in [0, 0.1) is 0 Å². The summed E-state index contributed by atoms with van der Waals surface area (Å²) in [6.07, 6.45) is 0. The zero-order valence-electron chi connectivity index (χ0n) is 6.84. The topological polar surface area (TPSA) is 0 Å². The van der Waals surface area contributed by atoms with Gasteiger partial charge in [0.25, 0.3) is 0 Å². The van der Waals surface area contributed by atoms with Gasteiger partial charge in [0.2, 0.25) is 0 Å². The average Bonchev–Trinajstić information content (AvgIpc) is 1.90.